The Bertz CT molecular complexity index is 1070. The predicted octanol–water partition coefficient (Wildman–Crippen LogP) is 2.84. The van der Waals surface area contributed by atoms with Crippen LogP contribution in [0.2, 0.25) is 0 Å². The van der Waals surface area contributed by atoms with Gasteiger partial charge in [-0.25, -0.2) is 9.59 Å². The average Bonchev–Trinajstić information content (AvgIpc) is 2.71. The lowest BCUT2D eigenvalue weighted by atomic mass is 10.2. The fraction of sp³-hybridized carbons (Fsp3) is 0.227. The molecule has 0 aliphatic carbocycles. The molecule has 3 rings (SSSR count). The third kappa shape index (κ3) is 5.68. The summed E-state index contributed by atoms with van der Waals surface area (Å²) in [7, 11) is 0. The minimum atomic E-state index is -0.694. The zero-order chi connectivity index (χ0) is 20.6. The van der Waals surface area contributed by atoms with Crippen LogP contribution in [0.4, 0.5) is 0 Å². The molecule has 0 aliphatic heterocycles. The zero-order valence-electron chi connectivity index (χ0n) is 16.0. The summed E-state index contributed by atoms with van der Waals surface area (Å²) >= 11 is 0. The molecule has 0 saturated carbocycles. The number of rotatable bonds is 8. The number of hydrogen-bond donors (Lipinski definition) is 1. The van der Waals surface area contributed by atoms with Gasteiger partial charge in [-0.15, -0.1) is 0 Å². The number of fused-ring (bicyclic) bond motifs is 1. The minimum absolute atomic E-state index is 0.0627. The van der Waals surface area contributed by atoms with Crippen molar-refractivity contribution in [3.8, 4) is 5.75 Å². The van der Waals surface area contributed by atoms with Gasteiger partial charge < -0.3 is 19.2 Å². The third-order valence-electron chi connectivity index (χ3n) is 4.10. The van der Waals surface area contributed by atoms with Gasteiger partial charge >= 0.3 is 11.6 Å². The van der Waals surface area contributed by atoms with Gasteiger partial charge in [0.1, 0.15) is 16.9 Å². The lowest BCUT2D eigenvalue weighted by Gasteiger charge is -2.08. The number of carbonyl (C=O) groups excluding carboxylic acids is 2. The first kappa shape index (κ1) is 20.1. The van der Waals surface area contributed by atoms with E-state index in [0.717, 1.165) is 5.56 Å². The largest absolute Gasteiger partial charge is 0.482 e. The number of para-hydroxylation sites is 1. The maximum Gasteiger partial charge on any atom is 0.349 e. The van der Waals surface area contributed by atoms with Crippen LogP contribution in [0.15, 0.2) is 63.8 Å². The molecule has 150 valence electrons. The molecule has 1 heterocycles. The number of nitrogens with one attached hydrogen (secondary N) is 1. The molecule has 0 fully saturated rings. The van der Waals surface area contributed by atoms with E-state index in [2.05, 4.69) is 5.32 Å². The van der Waals surface area contributed by atoms with Crippen LogP contribution < -0.4 is 15.7 Å². The Kier molecular flexibility index (Phi) is 6.63. The molecule has 7 nitrogen and oxygen atoms in total. The first-order valence-electron chi connectivity index (χ1n) is 9.19. The summed E-state index contributed by atoms with van der Waals surface area (Å²) in [6.45, 7) is 2.12. The average molecular weight is 395 g/mol. The van der Waals surface area contributed by atoms with Gasteiger partial charge in [0.2, 0.25) is 0 Å². The van der Waals surface area contributed by atoms with Crippen LogP contribution in [0.25, 0.3) is 11.0 Å². The third-order valence-corrected chi connectivity index (χ3v) is 4.10. The van der Waals surface area contributed by atoms with Gasteiger partial charge in [0.05, 0.1) is 6.61 Å². The number of esters is 1. The lowest BCUT2D eigenvalue weighted by molar-refractivity contribution is -0.146. The molecule has 2 aromatic carbocycles. The quantitative estimate of drug-likeness (QED) is 0.358. The van der Waals surface area contributed by atoms with E-state index in [1.165, 1.54) is 6.07 Å². The number of carbonyl (C=O) groups is 2. The van der Waals surface area contributed by atoms with Crippen LogP contribution in [0.5, 0.6) is 5.75 Å². The Hall–Kier alpha value is -3.61. The van der Waals surface area contributed by atoms with Crippen molar-refractivity contribution in [1.29, 1.82) is 0 Å². The highest BCUT2D eigenvalue weighted by atomic mass is 16.6. The normalized spacial score (nSPS) is 10.5. The monoisotopic (exact) mass is 395 g/mol. The molecular formula is C22H21NO6. The molecule has 7 heteroatoms. The van der Waals surface area contributed by atoms with E-state index in [1.807, 2.05) is 25.1 Å². The summed E-state index contributed by atoms with van der Waals surface area (Å²) in [5.74, 6) is -0.421. The van der Waals surface area contributed by atoms with E-state index >= 15 is 0 Å². The summed E-state index contributed by atoms with van der Waals surface area (Å²) in [4.78, 5) is 35.8. The highest BCUT2D eigenvalue weighted by Gasteiger charge is 2.13. The Labute approximate surface area is 167 Å². The van der Waals surface area contributed by atoms with Crippen molar-refractivity contribution in [2.45, 2.75) is 13.3 Å². The number of hydrogen-bond acceptors (Lipinski definition) is 6. The summed E-state index contributed by atoms with van der Waals surface area (Å²) in [6.07, 6.45) is 0.404. The summed E-state index contributed by atoms with van der Waals surface area (Å²) in [5, 5.41) is 3.29. The van der Waals surface area contributed by atoms with Crippen molar-refractivity contribution in [2.24, 2.45) is 0 Å². The van der Waals surface area contributed by atoms with Crippen molar-refractivity contribution in [2.75, 3.05) is 19.8 Å². The molecular weight excluding hydrogens is 374 g/mol. The first-order valence-corrected chi connectivity index (χ1v) is 9.19. The van der Waals surface area contributed by atoms with Gasteiger partial charge in [0.25, 0.3) is 5.91 Å². The van der Waals surface area contributed by atoms with Crippen LogP contribution in [-0.2, 0) is 9.53 Å². The smallest absolute Gasteiger partial charge is 0.349 e. The van der Waals surface area contributed by atoms with Crippen molar-refractivity contribution < 1.29 is 23.5 Å². The highest BCUT2D eigenvalue weighted by molar-refractivity contribution is 5.96. The second-order valence-electron chi connectivity index (χ2n) is 6.42. The predicted molar refractivity (Wildman–Crippen MR) is 107 cm³/mol. The van der Waals surface area contributed by atoms with E-state index in [1.54, 1.807) is 30.3 Å². The van der Waals surface area contributed by atoms with Gasteiger partial charge in [-0.3, -0.25) is 4.79 Å². The topological polar surface area (TPSA) is 94.8 Å². The molecule has 0 atom stereocenters. The molecule has 0 aliphatic rings. The Morgan fingerprint density at radius 1 is 1.07 bits per heavy atom. The molecule has 1 aromatic heterocycles. The molecule has 1 N–H and O–H groups in total. The number of benzene rings is 2. The molecule has 0 spiro atoms. The fourth-order valence-corrected chi connectivity index (χ4v) is 2.66. The van der Waals surface area contributed by atoms with Gasteiger partial charge in [0.15, 0.2) is 6.61 Å². The fourth-order valence-electron chi connectivity index (χ4n) is 2.66. The zero-order valence-corrected chi connectivity index (χ0v) is 16.0. The van der Waals surface area contributed by atoms with Crippen LogP contribution >= 0.6 is 0 Å². The lowest BCUT2D eigenvalue weighted by Crippen LogP contribution is -2.29. The maximum absolute atomic E-state index is 12.2. The number of aryl methyl sites for hydroxylation is 1. The van der Waals surface area contributed by atoms with E-state index in [-0.39, 0.29) is 25.3 Å². The van der Waals surface area contributed by atoms with E-state index in [0.29, 0.717) is 23.1 Å². The van der Waals surface area contributed by atoms with E-state index in [9.17, 15) is 14.4 Å². The maximum atomic E-state index is 12.2. The van der Waals surface area contributed by atoms with Crippen LogP contribution in [0, 0.1) is 6.92 Å². The molecule has 0 radical (unpaired) electrons. The SMILES string of the molecule is Cc1cccc(OCC(=O)OCCCNC(=O)c2cc3ccccc3oc2=O)c1. The Morgan fingerprint density at radius 2 is 1.90 bits per heavy atom. The van der Waals surface area contributed by atoms with Gasteiger partial charge in [0, 0.05) is 11.9 Å². The summed E-state index contributed by atoms with van der Waals surface area (Å²) in [5.41, 5.74) is 0.703. The molecule has 1 amide bonds. The minimum Gasteiger partial charge on any atom is -0.482 e. The second kappa shape index (κ2) is 9.54. The van der Waals surface area contributed by atoms with Gasteiger partial charge in [-0.1, -0.05) is 30.3 Å². The first-order chi connectivity index (χ1) is 14.0. The van der Waals surface area contributed by atoms with Crippen molar-refractivity contribution >= 4 is 22.8 Å². The number of amides is 1. The van der Waals surface area contributed by atoms with Crippen LogP contribution in [0.1, 0.15) is 22.3 Å². The van der Waals surface area contributed by atoms with Crippen LogP contribution in [0.3, 0.4) is 0 Å². The van der Waals surface area contributed by atoms with Crippen molar-refractivity contribution in [3.05, 3.63) is 76.1 Å². The summed E-state index contributed by atoms with van der Waals surface area (Å²) < 4.78 is 15.6. The Morgan fingerprint density at radius 3 is 2.72 bits per heavy atom. The molecule has 29 heavy (non-hydrogen) atoms. The van der Waals surface area contributed by atoms with Crippen LogP contribution in [-0.4, -0.2) is 31.6 Å². The van der Waals surface area contributed by atoms with E-state index in [4.69, 9.17) is 13.9 Å². The van der Waals surface area contributed by atoms with Gasteiger partial charge in [-0.2, -0.15) is 0 Å². The van der Waals surface area contributed by atoms with Crippen molar-refractivity contribution in [1.82, 2.24) is 5.32 Å². The van der Waals surface area contributed by atoms with Gasteiger partial charge in [-0.05, 0) is 43.2 Å². The Balaban J connectivity index is 1.39. The summed E-state index contributed by atoms with van der Waals surface area (Å²) in [6, 6.07) is 15.8. The molecule has 0 saturated heterocycles. The number of ether oxygens (including phenoxy) is 2. The second-order valence-corrected chi connectivity index (χ2v) is 6.42. The molecule has 0 unspecified atom stereocenters. The molecule has 0 bridgehead atoms. The highest BCUT2D eigenvalue weighted by Crippen LogP contribution is 2.13. The molecule has 3 aromatic rings. The van der Waals surface area contributed by atoms with Crippen molar-refractivity contribution in [3.63, 3.8) is 0 Å². The van der Waals surface area contributed by atoms with E-state index < -0.39 is 17.5 Å². The standard InChI is InChI=1S/C22H21NO6/c1-15-6-4-8-17(12-15)28-14-20(24)27-11-5-10-23-21(25)18-13-16-7-2-3-9-19(16)29-22(18)26/h2-4,6-9,12-13H,5,10-11,14H2,1H3,(H,23,25).